The second kappa shape index (κ2) is 8.42. The predicted octanol–water partition coefficient (Wildman–Crippen LogP) is 3.78. The Kier molecular flexibility index (Phi) is 5.57. The average molecular weight is 469 g/mol. The second-order valence-electron chi connectivity index (χ2n) is 9.04. The van der Waals surface area contributed by atoms with E-state index in [9.17, 15) is 0 Å². The Morgan fingerprint density at radius 1 is 1.30 bits per heavy atom. The van der Waals surface area contributed by atoms with Crippen molar-refractivity contribution in [2.24, 2.45) is 0 Å². The Bertz CT molecular complexity index is 1310. The van der Waals surface area contributed by atoms with Crippen LogP contribution < -0.4 is 10.2 Å². The Morgan fingerprint density at radius 3 is 2.82 bits per heavy atom. The molecule has 0 saturated carbocycles. The molecule has 1 aliphatic heterocycles. The highest BCUT2D eigenvalue weighted by atomic mass is 35.5. The van der Waals surface area contributed by atoms with Crippen LogP contribution in [0.15, 0.2) is 12.3 Å². The smallest absolute Gasteiger partial charge is 0.231 e. The van der Waals surface area contributed by atoms with Gasteiger partial charge in [0.25, 0.3) is 0 Å². The van der Waals surface area contributed by atoms with E-state index in [0.29, 0.717) is 17.0 Å². The summed E-state index contributed by atoms with van der Waals surface area (Å²) < 4.78 is 1.81. The van der Waals surface area contributed by atoms with Gasteiger partial charge < -0.3 is 20.1 Å². The fourth-order valence-electron chi connectivity index (χ4n) is 4.35. The number of aromatic nitrogens is 7. The van der Waals surface area contributed by atoms with E-state index in [4.69, 9.17) is 21.6 Å². The van der Waals surface area contributed by atoms with Gasteiger partial charge in [0.1, 0.15) is 17.0 Å². The molecule has 0 aliphatic carbocycles. The fraction of sp³-hybridized carbons (Fsp3) is 0.500. The molecule has 11 heteroatoms. The molecule has 0 aromatic carbocycles. The van der Waals surface area contributed by atoms with Gasteiger partial charge >= 0.3 is 0 Å². The summed E-state index contributed by atoms with van der Waals surface area (Å²) in [5, 5.41) is 13.4. The van der Waals surface area contributed by atoms with Crippen LogP contribution in [-0.2, 0) is 6.42 Å². The van der Waals surface area contributed by atoms with Gasteiger partial charge in [0.2, 0.25) is 5.95 Å². The SMILES string of the molecule is CCc1[nH]c2nc(Nc3cnc4c(c3)nnn4C(C)C)nc(N3CC[C@@H](N(C)C)C3)c2c1Cl. The number of hydrogen-bond acceptors (Lipinski definition) is 8. The van der Waals surface area contributed by atoms with Crippen molar-refractivity contribution in [2.75, 3.05) is 37.4 Å². The van der Waals surface area contributed by atoms with Crippen molar-refractivity contribution in [1.29, 1.82) is 0 Å². The minimum atomic E-state index is 0.187. The van der Waals surface area contributed by atoms with E-state index in [0.717, 1.165) is 65.3 Å². The molecular weight excluding hydrogens is 440 g/mol. The van der Waals surface area contributed by atoms with Crippen LogP contribution in [0.4, 0.5) is 17.5 Å². The van der Waals surface area contributed by atoms with Crippen molar-refractivity contribution >= 4 is 51.3 Å². The zero-order valence-corrected chi connectivity index (χ0v) is 20.3. The quantitative estimate of drug-likeness (QED) is 0.440. The molecule has 5 heterocycles. The lowest BCUT2D eigenvalue weighted by atomic mass is 10.2. The summed E-state index contributed by atoms with van der Waals surface area (Å²) in [6.45, 7) is 8.00. The van der Waals surface area contributed by atoms with E-state index in [2.05, 4.69) is 70.3 Å². The molecule has 0 bridgehead atoms. The average Bonchev–Trinajstić information content (AvgIpc) is 3.50. The summed E-state index contributed by atoms with van der Waals surface area (Å²) in [5.74, 6) is 1.34. The molecule has 0 radical (unpaired) electrons. The van der Waals surface area contributed by atoms with E-state index in [1.165, 1.54) is 0 Å². The van der Waals surface area contributed by atoms with Gasteiger partial charge in [-0.2, -0.15) is 9.97 Å². The number of nitrogens with zero attached hydrogens (tertiary/aromatic N) is 8. The van der Waals surface area contributed by atoms with Crippen molar-refractivity contribution in [1.82, 2.24) is 39.8 Å². The molecule has 174 valence electrons. The topological polar surface area (TPSA) is 104 Å². The Morgan fingerprint density at radius 2 is 2.12 bits per heavy atom. The van der Waals surface area contributed by atoms with E-state index in [-0.39, 0.29) is 6.04 Å². The van der Waals surface area contributed by atoms with E-state index in [1.807, 2.05) is 10.7 Å². The molecule has 4 aromatic heterocycles. The molecule has 1 atom stereocenters. The van der Waals surface area contributed by atoms with Gasteiger partial charge in [-0.3, -0.25) is 0 Å². The summed E-state index contributed by atoms with van der Waals surface area (Å²) in [6.07, 6.45) is 3.63. The first-order valence-electron chi connectivity index (χ1n) is 11.3. The lowest BCUT2D eigenvalue weighted by Gasteiger charge is -2.22. The van der Waals surface area contributed by atoms with Crippen molar-refractivity contribution in [3.05, 3.63) is 23.0 Å². The van der Waals surface area contributed by atoms with Gasteiger partial charge in [-0.25, -0.2) is 9.67 Å². The molecule has 0 spiro atoms. The highest BCUT2D eigenvalue weighted by Crippen LogP contribution is 2.36. The molecule has 10 nitrogen and oxygen atoms in total. The third-order valence-electron chi connectivity index (χ3n) is 6.25. The Hall–Kier alpha value is -2.98. The maximum absolute atomic E-state index is 6.75. The molecular formula is C22H29ClN10. The number of aromatic amines is 1. The van der Waals surface area contributed by atoms with Crippen molar-refractivity contribution in [3.63, 3.8) is 0 Å². The first kappa shape index (κ1) is 21.8. The molecule has 1 fully saturated rings. The van der Waals surface area contributed by atoms with Gasteiger partial charge in [0.05, 0.1) is 28.3 Å². The Balaban J connectivity index is 1.54. The van der Waals surface area contributed by atoms with Crippen LogP contribution in [-0.4, -0.2) is 73.1 Å². The van der Waals surface area contributed by atoms with E-state index >= 15 is 0 Å². The molecule has 2 N–H and O–H groups in total. The Labute approximate surface area is 197 Å². The molecule has 0 unspecified atom stereocenters. The van der Waals surface area contributed by atoms with Gasteiger partial charge in [-0.1, -0.05) is 23.7 Å². The van der Waals surface area contributed by atoms with Gasteiger partial charge in [0.15, 0.2) is 5.65 Å². The molecule has 1 saturated heterocycles. The number of nitrogens with one attached hydrogen (secondary N) is 2. The van der Waals surface area contributed by atoms with Gasteiger partial charge in [-0.15, -0.1) is 5.10 Å². The van der Waals surface area contributed by atoms with Crippen LogP contribution in [0, 0.1) is 0 Å². The third kappa shape index (κ3) is 3.87. The van der Waals surface area contributed by atoms with Crippen molar-refractivity contribution in [3.8, 4) is 0 Å². The van der Waals surface area contributed by atoms with Crippen LogP contribution in [0.1, 0.15) is 38.9 Å². The number of fused-ring (bicyclic) bond motifs is 2. The zero-order valence-electron chi connectivity index (χ0n) is 19.6. The lowest BCUT2D eigenvalue weighted by Crippen LogP contribution is -2.31. The summed E-state index contributed by atoms with van der Waals surface area (Å²) in [4.78, 5) is 22.1. The second-order valence-corrected chi connectivity index (χ2v) is 9.42. The monoisotopic (exact) mass is 468 g/mol. The van der Waals surface area contributed by atoms with Crippen LogP contribution in [0.2, 0.25) is 5.02 Å². The number of pyridine rings is 1. The molecule has 33 heavy (non-hydrogen) atoms. The number of anilines is 3. The highest BCUT2D eigenvalue weighted by Gasteiger charge is 2.28. The maximum atomic E-state index is 6.75. The van der Waals surface area contributed by atoms with Crippen LogP contribution in [0.5, 0.6) is 0 Å². The molecule has 1 aliphatic rings. The minimum Gasteiger partial charge on any atom is -0.354 e. The van der Waals surface area contributed by atoms with Crippen LogP contribution >= 0.6 is 11.6 Å². The number of likely N-dealkylation sites (N-methyl/N-ethyl adjacent to an activating group) is 1. The fourth-order valence-corrected chi connectivity index (χ4v) is 4.71. The summed E-state index contributed by atoms with van der Waals surface area (Å²) in [5.41, 5.74) is 3.93. The van der Waals surface area contributed by atoms with E-state index < -0.39 is 0 Å². The summed E-state index contributed by atoms with van der Waals surface area (Å²) >= 11 is 6.75. The first-order valence-corrected chi connectivity index (χ1v) is 11.7. The maximum Gasteiger partial charge on any atom is 0.231 e. The number of hydrogen-bond donors (Lipinski definition) is 2. The van der Waals surface area contributed by atoms with Crippen LogP contribution in [0.3, 0.4) is 0 Å². The predicted molar refractivity (Wildman–Crippen MR) is 132 cm³/mol. The van der Waals surface area contributed by atoms with Crippen molar-refractivity contribution in [2.45, 2.75) is 45.7 Å². The number of halogens is 1. The summed E-state index contributed by atoms with van der Waals surface area (Å²) in [7, 11) is 4.24. The minimum absolute atomic E-state index is 0.187. The molecule has 0 amide bonds. The van der Waals surface area contributed by atoms with Gasteiger partial charge in [-0.05, 0) is 46.9 Å². The normalized spacial score (nSPS) is 16.7. The van der Waals surface area contributed by atoms with Crippen LogP contribution in [0.25, 0.3) is 22.2 Å². The molecule has 4 aromatic rings. The summed E-state index contributed by atoms with van der Waals surface area (Å²) in [6, 6.07) is 2.58. The zero-order chi connectivity index (χ0) is 23.3. The van der Waals surface area contributed by atoms with E-state index in [1.54, 1.807) is 6.20 Å². The number of aryl methyl sites for hydroxylation is 1. The third-order valence-corrected chi connectivity index (χ3v) is 6.67. The largest absolute Gasteiger partial charge is 0.354 e. The number of rotatable bonds is 6. The van der Waals surface area contributed by atoms with Gasteiger partial charge in [0, 0.05) is 24.8 Å². The standard InChI is InChI=1S/C22H29ClN10/c1-6-15-18(23)17-19(26-15)27-22(28-21(17)32-8-7-14(11-32)31(4)5)25-13-9-16-20(24-10-13)33(12(2)3)30-29-16/h9-10,12,14H,6-8,11H2,1-5H3,(H2,25,26,27,28)/t14-/m1/s1. The molecule has 5 rings (SSSR count). The lowest BCUT2D eigenvalue weighted by molar-refractivity contribution is 0.315. The number of H-pyrrole nitrogens is 1. The van der Waals surface area contributed by atoms with Crippen molar-refractivity contribution < 1.29 is 0 Å². The highest BCUT2D eigenvalue weighted by molar-refractivity contribution is 6.37. The first-order chi connectivity index (χ1) is 15.9.